The SMILES string of the molecule is CC1(O)CCCN(CC(=O)Nc2ccccc2I)C1. The summed E-state index contributed by atoms with van der Waals surface area (Å²) in [5, 5.41) is 12.9. The Morgan fingerprint density at radius 3 is 2.95 bits per heavy atom. The van der Waals surface area contributed by atoms with Gasteiger partial charge in [0.1, 0.15) is 0 Å². The molecule has 4 nitrogen and oxygen atoms in total. The number of nitrogens with zero attached hydrogens (tertiary/aromatic N) is 1. The first-order valence-corrected chi connectivity index (χ1v) is 7.53. The maximum atomic E-state index is 12.0. The summed E-state index contributed by atoms with van der Waals surface area (Å²) >= 11 is 2.20. The van der Waals surface area contributed by atoms with Crippen LogP contribution in [-0.4, -0.2) is 41.1 Å². The van der Waals surface area contributed by atoms with Crippen molar-refractivity contribution in [2.24, 2.45) is 0 Å². The number of hydrogen-bond acceptors (Lipinski definition) is 3. The highest BCUT2D eigenvalue weighted by Crippen LogP contribution is 2.20. The number of rotatable bonds is 3. The van der Waals surface area contributed by atoms with Gasteiger partial charge in [-0.3, -0.25) is 9.69 Å². The van der Waals surface area contributed by atoms with E-state index in [4.69, 9.17) is 0 Å². The van der Waals surface area contributed by atoms with Crippen LogP contribution in [0.2, 0.25) is 0 Å². The number of anilines is 1. The van der Waals surface area contributed by atoms with Crippen molar-refractivity contribution in [3.8, 4) is 0 Å². The summed E-state index contributed by atoms with van der Waals surface area (Å²) in [5.41, 5.74) is 0.177. The van der Waals surface area contributed by atoms with Crippen LogP contribution in [0.25, 0.3) is 0 Å². The van der Waals surface area contributed by atoms with E-state index in [1.807, 2.05) is 36.1 Å². The molecule has 1 aliphatic rings. The Morgan fingerprint density at radius 1 is 1.53 bits per heavy atom. The second-order valence-corrected chi connectivity index (χ2v) is 6.50. The van der Waals surface area contributed by atoms with E-state index in [1.165, 1.54) is 0 Å². The number of hydrogen-bond donors (Lipinski definition) is 2. The number of para-hydroxylation sites is 1. The zero-order valence-corrected chi connectivity index (χ0v) is 13.2. The Labute approximate surface area is 127 Å². The van der Waals surface area contributed by atoms with Crippen LogP contribution in [0.5, 0.6) is 0 Å². The Kier molecular flexibility index (Phi) is 4.81. The minimum absolute atomic E-state index is 0.0261. The molecule has 1 unspecified atom stereocenters. The third-order valence-electron chi connectivity index (χ3n) is 3.27. The molecule has 1 heterocycles. The van der Waals surface area contributed by atoms with E-state index in [1.54, 1.807) is 0 Å². The lowest BCUT2D eigenvalue weighted by molar-refractivity contribution is -0.118. The average molecular weight is 374 g/mol. The van der Waals surface area contributed by atoms with Gasteiger partial charge in [0.25, 0.3) is 0 Å². The molecule has 0 aliphatic carbocycles. The van der Waals surface area contributed by atoms with Gasteiger partial charge in [0, 0.05) is 10.1 Å². The average Bonchev–Trinajstić information content (AvgIpc) is 2.30. The van der Waals surface area contributed by atoms with Gasteiger partial charge in [0.2, 0.25) is 5.91 Å². The first kappa shape index (κ1) is 14.7. The predicted octanol–water partition coefficient (Wildman–Crippen LogP) is 2.08. The van der Waals surface area contributed by atoms with E-state index in [9.17, 15) is 9.90 Å². The van der Waals surface area contributed by atoms with Gasteiger partial charge in [0.15, 0.2) is 0 Å². The number of piperidine rings is 1. The van der Waals surface area contributed by atoms with E-state index in [0.29, 0.717) is 13.1 Å². The summed E-state index contributed by atoms with van der Waals surface area (Å²) in [6.07, 6.45) is 1.74. The molecule has 1 aromatic rings. The second kappa shape index (κ2) is 6.19. The molecule has 0 bridgehead atoms. The topological polar surface area (TPSA) is 52.6 Å². The molecule has 1 fully saturated rings. The fourth-order valence-electron chi connectivity index (χ4n) is 2.41. The van der Waals surface area contributed by atoms with Crippen LogP contribution in [0, 0.1) is 3.57 Å². The molecule has 0 aromatic heterocycles. The largest absolute Gasteiger partial charge is 0.389 e. The van der Waals surface area contributed by atoms with Gasteiger partial charge in [-0.1, -0.05) is 12.1 Å². The van der Waals surface area contributed by atoms with Gasteiger partial charge in [-0.15, -0.1) is 0 Å². The molecule has 1 aliphatic heterocycles. The Bertz CT molecular complexity index is 463. The number of likely N-dealkylation sites (tertiary alicyclic amines) is 1. The Balaban J connectivity index is 1.90. The number of benzene rings is 1. The minimum Gasteiger partial charge on any atom is -0.389 e. The molecule has 2 N–H and O–H groups in total. The van der Waals surface area contributed by atoms with Gasteiger partial charge in [-0.2, -0.15) is 0 Å². The summed E-state index contributed by atoms with van der Waals surface area (Å²) in [6, 6.07) is 7.70. The summed E-state index contributed by atoms with van der Waals surface area (Å²) in [7, 11) is 0. The van der Waals surface area contributed by atoms with Crippen molar-refractivity contribution >= 4 is 34.2 Å². The van der Waals surface area contributed by atoms with E-state index in [2.05, 4.69) is 27.9 Å². The molecular formula is C14H19IN2O2. The smallest absolute Gasteiger partial charge is 0.238 e. The lowest BCUT2D eigenvalue weighted by atomic mass is 9.95. The van der Waals surface area contributed by atoms with Crippen molar-refractivity contribution in [3.63, 3.8) is 0 Å². The monoisotopic (exact) mass is 374 g/mol. The zero-order valence-electron chi connectivity index (χ0n) is 11.0. The molecule has 0 saturated carbocycles. The first-order valence-electron chi connectivity index (χ1n) is 6.45. The van der Waals surface area contributed by atoms with Crippen LogP contribution in [0.1, 0.15) is 19.8 Å². The number of carbonyl (C=O) groups excluding carboxylic acids is 1. The molecule has 5 heteroatoms. The number of halogens is 1. The summed E-state index contributed by atoms with van der Waals surface area (Å²) in [5.74, 6) is -0.0261. The van der Waals surface area contributed by atoms with Crippen molar-refractivity contribution in [2.75, 3.05) is 25.0 Å². The summed E-state index contributed by atoms with van der Waals surface area (Å²) in [6.45, 7) is 3.60. The van der Waals surface area contributed by atoms with Crippen LogP contribution in [-0.2, 0) is 4.79 Å². The van der Waals surface area contributed by atoms with E-state index >= 15 is 0 Å². The molecule has 1 saturated heterocycles. The van der Waals surface area contributed by atoms with E-state index < -0.39 is 5.60 Å². The van der Waals surface area contributed by atoms with Crippen molar-refractivity contribution in [3.05, 3.63) is 27.8 Å². The third-order valence-corrected chi connectivity index (χ3v) is 4.21. The number of β-amino-alcohol motifs (C(OH)–C–C–N with tert-alkyl or cyclic N) is 1. The maximum absolute atomic E-state index is 12.0. The van der Waals surface area contributed by atoms with Gasteiger partial charge in [-0.25, -0.2) is 0 Å². The van der Waals surface area contributed by atoms with E-state index in [0.717, 1.165) is 28.6 Å². The highest BCUT2D eigenvalue weighted by molar-refractivity contribution is 14.1. The molecule has 1 aromatic carbocycles. The number of aliphatic hydroxyl groups is 1. The highest BCUT2D eigenvalue weighted by Gasteiger charge is 2.29. The maximum Gasteiger partial charge on any atom is 0.238 e. The van der Waals surface area contributed by atoms with Gasteiger partial charge in [-0.05, 0) is 61.0 Å². The standard InChI is InChI=1S/C14H19IN2O2/c1-14(19)7-4-8-17(10-14)9-13(18)16-12-6-3-2-5-11(12)15/h2-3,5-6,19H,4,7-10H2,1H3,(H,16,18). The van der Waals surface area contributed by atoms with Gasteiger partial charge >= 0.3 is 0 Å². The van der Waals surface area contributed by atoms with Crippen molar-refractivity contribution in [1.82, 2.24) is 4.90 Å². The molecule has 19 heavy (non-hydrogen) atoms. The number of amides is 1. The predicted molar refractivity (Wildman–Crippen MR) is 84.1 cm³/mol. The summed E-state index contributed by atoms with van der Waals surface area (Å²) in [4.78, 5) is 14.0. The van der Waals surface area contributed by atoms with Crippen LogP contribution >= 0.6 is 22.6 Å². The molecule has 0 spiro atoms. The highest BCUT2D eigenvalue weighted by atomic mass is 127. The Hall–Kier alpha value is -0.660. The van der Waals surface area contributed by atoms with E-state index in [-0.39, 0.29) is 5.91 Å². The van der Waals surface area contributed by atoms with Crippen molar-refractivity contribution in [1.29, 1.82) is 0 Å². The Morgan fingerprint density at radius 2 is 2.26 bits per heavy atom. The van der Waals surface area contributed by atoms with Crippen molar-refractivity contribution < 1.29 is 9.90 Å². The number of carbonyl (C=O) groups is 1. The van der Waals surface area contributed by atoms with Crippen LogP contribution < -0.4 is 5.32 Å². The van der Waals surface area contributed by atoms with Crippen LogP contribution in [0.3, 0.4) is 0 Å². The minimum atomic E-state index is -0.667. The molecule has 1 atom stereocenters. The van der Waals surface area contributed by atoms with Gasteiger partial charge in [0.05, 0.1) is 17.8 Å². The zero-order chi connectivity index (χ0) is 13.9. The number of nitrogens with one attached hydrogen (secondary N) is 1. The molecular weight excluding hydrogens is 355 g/mol. The normalized spacial score (nSPS) is 24.2. The molecule has 1 amide bonds. The van der Waals surface area contributed by atoms with Gasteiger partial charge < -0.3 is 10.4 Å². The lowest BCUT2D eigenvalue weighted by Gasteiger charge is -2.36. The fourth-order valence-corrected chi connectivity index (χ4v) is 2.94. The fraction of sp³-hybridized carbons (Fsp3) is 0.500. The molecule has 0 radical (unpaired) electrons. The summed E-state index contributed by atoms with van der Waals surface area (Å²) < 4.78 is 1.03. The quantitative estimate of drug-likeness (QED) is 0.797. The third kappa shape index (κ3) is 4.43. The lowest BCUT2D eigenvalue weighted by Crippen LogP contribution is -2.48. The van der Waals surface area contributed by atoms with Crippen LogP contribution in [0.15, 0.2) is 24.3 Å². The second-order valence-electron chi connectivity index (χ2n) is 5.34. The van der Waals surface area contributed by atoms with Crippen molar-refractivity contribution in [2.45, 2.75) is 25.4 Å². The molecule has 104 valence electrons. The molecule has 2 rings (SSSR count). The first-order chi connectivity index (χ1) is 8.96. The van der Waals surface area contributed by atoms with Crippen LogP contribution in [0.4, 0.5) is 5.69 Å².